The summed E-state index contributed by atoms with van der Waals surface area (Å²) in [7, 11) is 0. The van der Waals surface area contributed by atoms with Gasteiger partial charge in [-0.1, -0.05) is 95.9 Å². The summed E-state index contributed by atoms with van der Waals surface area (Å²) in [6.07, 6.45) is 1.38. The fraction of sp³-hybridized carbons (Fsp3) is 0.746. The first-order valence-corrected chi connectivity index (χ1v) is 34.2. The number of aliphatic imine (C=N–C) groups is 4. The van der Waals surface area contributed by atoms with Crippen LogP contribution in [0.2, 0.25) is 0 Å². The van der Waals surface area contributed by atoms with Gasteiger partial charge in [-0.15, -0.1) is 0 Å². The molecule has 37 nitrogen and oxygen atoms in total. The number of nitrogens with one attached hydrogen (secondary N) is 11. The molecule has 14 atom stereocenters. The molecular weight excluding hydrogens is 1300 g/mol. The number of carbonyl (C=O) groups excluding carboxylic acids is 12. The fourth-order valence-electron chi connectivity index (χ4n) is 9.69. The first-order chi connectivity index (χ1) is 46.6. The Morgan fingerprint density at radius 1 is 0.300 bits per heavy atom. The standard InChI is InChI=1S/C63H121N25O12/c1-15-34(11)46(87-53(94)40(23-19-27-76-62(70)71)80-54(95)42(29-30(3)4)84-51(92)39(22-18-26-75-61(68)69)81-55(96)43(64)31(5)6)58(99)83-41(24-20-28-77-63(72)73)52(93)86-44(32(7)8)56(97)79-37(14)49(90)85-45(33(9)10)57(98)88-47(35(12)16-2)59(100)82-38(21-17-25-74-60(66)67)50(91)78-36(13)48(65)89/h30-47H,15-29,64H2,1-14H3,(H2,65,89)(H,78,91)(H,79,97)(H,80,95)(H,81,96)(H,82,100)(H,83,99)(H,84,92)(H,85,90)(H,86,93)(H,87,94)(H,88,98)(H4,66,67,74)(H4,68,69,75)(H4,70,71,76)(H4,72,73,77)/t34-,35-,36-,37-,38-,39-,40-,41-,42-,43-,44-,45-,46-,47-/m0/s1. The normalized spacial score (nSPS) is 15.4. The number of nitrogens with two attached hydrogens (primary N) is 10. The van der Waals surface area contributed by atoms with E-state index in [1.165, 1.54) is 13.8 Å². The van der Waals surface area contributed by atoms with Crippen LogP contribution in [0.25, 0.3) is 0 Å². The van der Waals surface area contributed by atoms with Crippen molar-refractivity contribution in [3.8, 4) is 0 Å². The monoisotopic (exact) mass is 1420 g/mol. The maximum atomic E-state index is 14.7. The second-order valence-electron chi connectivity index (χ2n) is 26.6. The lowest BCUT2D eigenvalue weighted by molar-refractivity contribution is -0.137. The second-order valence-corrected chi connectivity index (χ2v) is 26.6. The summed E-state index contributed by atoms with van der Waals surface area (Å²) >= 11 is 0. The van der Waals surface area contributed by atoms with E-state index in [1.807, 2.05) is 13.8 Å². The van der Waals surface area contributed by atoms with Crippen molar-refractivity contribution in [3.05, 3.63) is 0 Å². The molecule has 570 valence electrons. The molecule has 0 saturated carbocycles. The van der Waals surface area contributed by atoms with E-state index in [-0.39, 0.29) is 120 Å². The van der Waals surface area contributed by atoms with Crippen molar-refractivity contribution < 1.29 is 57.5 Å². The van der Waals surface area contributed by atoms with Gasteiger partial charge in [0.1, 0.15) is 66.5 Å². The van der Waals surface area contributed by atoms with E-state index in [4.69, 9.17) is 57.3 Å². The average molecular weight is 1420 g/mol. The Labute approximate surface area is 587 Å². The van der Waals surface area contributed by atoms with E-state index in [1.54, 1.807) is 69.2 Å². The molecule has 37 heteroatoms. The number of hydrogen-bond acceptors (Lipinski definition) is 17. The maximum Gasteiger partial charge on any atom is 0.243 e. The Balaban J connectivity index is 7.04. The summed E-state index contributed by atoms with van der Waals surface area (Å²) in [6.45, 7) is 23.5. The van der Waals surface area contributed by atoms with Crippen LogP contribution in [0.1, 0.15) is 168 Å². The van der Waals surface area contributed by atoms with Crippen molar-refractivity contribution in [1.29, 1.82) is 0 Å². The first-order valence-electron chi connectivity index (χ1n) is 34.2. The highest BCUT2D eigenvalue weighted by Crippen LogP contribution is 2.16. The van der Waals surface area contributed by atoms with Crippen molar-refractivity contribution in [2.75, 3.05) is 26.2 Å². The Kier molecular flexibility index (Phi) is 42.5. The van der Waals surface area contributed by atoms with Gasteiger partial charge in [0.15, 0.2) is 23.8 Å². The van der Waals surface area contributed by atoms with Crippen LogP contribution in [-0.4, -0.2) is 193 Å². The molecule has 0 fully saturated rings. The second kappa shape index (κ2) is 46.9. The maximum absolute atomic E-state index is 14.7. The van der Waals surface area contributed by atoms with Gasteiger partial charge in [-0.05, 0) is 107 Å². The Bertz CT molecular complexity index is 2800. The Morgan fingerprint density at radius 3 is 0.880 bits per heavy atom. The van der Waals surface area contributed by atoms with Gasteiger partial charge >= 0.3 is 0 Å². The molecule has 0 aliphatic rings. The topological polar surface area (TPSA) is 647 Å². The van der Waals surface area contributed by atoms with Gasteiger partial charge in [0.25, 0.3) is 0 Å². The van der Waals surface area contributed by atoms with Crippen molar-refractivity contribution >= 4 is 94.7 Å². The molecule has 0 saturated heterocycles. The molecule has 0 bridgehead atoms. The molecule has 0 aliphatic carbocycles. The quantitative estimate of drug-likeness (QED) is 0.0153. The van der Waals surface area contributed by atoms with Crippen LogP contribution in [0, 0.1) is 35.5 Å². The number of nitrogens with zero attached hydrogens (tertiary/aromatic N) is 4. The van der Waals surface area contributed by atoms with Crippen molar-refractivity contribution in [2.45, 2.75) is 240 Å². The molecule has 0 rings (SSSR count). The van der Waals surface area contributed by atoms with Crippen LogP contribution >= 0.6 is 0 Å². The van der Waals surface area contributed by atoms with Crippen LogP contribution in [0.3, 0.4) is 0 Å². The number of guanidine groups is 4. The van der Waals surface area contributed by atoms with E-state index in [9.17, 15) is 57.5 Å². The number of amides is 12. The minimum absolute atomic E-state index is 0.0106. The molecule has 12 amide bonds. The van der Waals surface area contributed by atoms with Crippen LogP contribution in [0.5, 0.6) is 0 Å². The van der Waals surface area contributed by atoms with Crippen molar-refractivity contribution in [3.63, 3.8) is 0 Å². The molecule has 31 N–H and O–H groups in total. The lowest BCUT2D eigenvalue weighted by Crippen LogP contribution is -2.62. The van der Waals surface area contributed by atoms with Crippen LogP contribution in [0.15, 0.2) is 20.0 Å². The number of carbonyl (C=O) groups is 12. The number of primary amides is 1. The zero-order valence-electron chi connectivity index (χ0n) is 61.0. The largest absolute Gasteiger partial charge is 0.370 e. The molecule has 0 heterocycles. The predicted molar refractivity (Wildman–Crippen MR) is 382 cm³/mol. The number of hydrogen-bond donors (Lipinski definition) is 21. The third-order valence-corrected chi connectivity index (χ3v) is 16.3. The molecule has 0 aromatic rings. The molecule has 0 aromatic heterocycles. The Morgan fingerprint density at radius 2 is 0.560 bits per heavy atom. The van der Waals surface area contributed by atoms with Gasteiger partial charge in [0.2, 0.25) is 70.9 Å². The summed E-state index contributed by atoms with van der Waals surface area (Å²) < 4.78 is 0. The minimum atomic E-state index is -1.41. The first kappa shape index (κ1) is 90.7. The minimum Gasteiger partial charge on any atom is -0.370 e. The summed E-state index contributed by atoms with van der Waals surface area (Å²) in [6, 6.07) is -15.1. The zero-order chi connectivity index (χ0) is 76.8. The molecule has 100 heavy (non-hydrogen) atoms. The van der Waals surface area contributed by atoms with Gasteiger partial charge in [-0.25, -0.2) is 0 Å². The molecule has 0 aromatic carbocycles. The summed E-state index contributed by atoms with van der Waals surface area (Å²) in [5.41, 5.74) is 55.7. The van der Waals surface area contributed by atoms with Gasteiger partial charge in [-0.2, -0.15) is 0 Å². The molecule has 0 unspecified atom stereocenters. The third kappa shape index (κ3) is 35.4. The average Bonchev–Trinajstić information content (AvgIpc) is 0.856. The lowest BCUT2D eigenvalue weighted by Gasteiger charge is -2.31. The summed E-state index contributed by atoms with van der Waals surface area (Å²) in [5.74, 6) is -13.1. The molecular formula is C63H121N25O12. The van der Waals surface area contributed by atoms with E-state index in [0.717, 1.165) is 0 Å². The SMILES string of the molecule is CC[C@H](C)[C@H](NC(=O)[C@H](CCCN=C(N)N)NC(=O)[C@H](CC(C)C)NC(=O)[C@H](CCCN=C(N)N)NC(=O)[C@@H](N)C(C)C)C(=O)N[C@@H](CCCN=C(N)N)C(=O)N[C@H](C(=O)N[C@@H](C)C(=O)N[C@H](C(=O)N[C@H](C(=O)N[C@@H](CCCN=C(N)N)C(=O)N[C@@H](C)C(N)=O)[C@@H](C)CC)C(C)C)C(C)C. The summed E-state index contributed by atoms with van der Waals surface area (Å²) in [4.78, 5) is 183. The molecule has 0 aliphatic heterocycles. The van der Waals surface area contributed by atoms with E-state index in [2.05, 4.69) is 78.5 Å². The predicted octanol–water partition coefficient (Wildman–Crippen LogP) is -5.51. The van der Waals surface area contributed by atoms with Crippen molar-refractivity contribution in [1.82, 2.24) is 58.5 Å². The summed E-state index contributed by atoms with van der Waals surface area (Å²) in [5, 5.41) is 29.4. The fourth-order valence-corrected chi connectivity index (χ4v) is 9.69. The van der Waals surface area contributed by atoms with Crippen LogP contribution in [0.4, 0.5) is 0 Å². The van der Waals surface area contributed by atoms with Crippen LogP contribution in [-0.2, 0) is 57.5 Å². The molecule has 0 spiro atoms. The highest BCUT2D eigenvalue weighted by Gasteiger charge is 2.39. The van der Waals surface area contributed by atoms with E-state index >= 15 is 0 Å². The Hall–Kier alpha value is -9.32. The van der Waals surface area contributed by atoms with Crippen molar-refractivity contribution in [2.24, 2.45) is 113 Å². The van der Waals surface area contributed by atoms with Gasteiger partial charge in [0.05, 0.1) is 6.04 Å². The highest BCUT2D eigenvalue weighted by molar-refractivity contribution is 5.99. The van der Waals surface area contributed by atoms with E-state index in [0.29, 0.717) is 12.8 Å². The third-order valence-electron chi connectivity index (χ3n) is 16.3. The smallest absolute Gasteiger partial charge is 0.243 e. The number of rotatable bonds is 48. The van der Waals surface area contributed by atoms with Gasteiger partial charge in [-0.3, -0.25) is 77.5 Å². The van der Waals surface area contributed by atoms with Crippen LogP contribution < -0.4 is 116 Å². The zero-order valence-corrected chi connectivity index (χ0v) is 61.0. The highest BCUT2D eigenvalue weighted by atomic mass is 16.2. The molecule has 0 radical (unpaired) electrons. The lowest BCUT2D eigenvalue weighted by atomic mass is 9.95. The van der Waals surface area contributed by atoms with Gasteiger partial charge in [0, 0.05) is 26.2 Å². The van der Waals surface area contributed by atoms with Gasteiger partial charge < -0.3 is 116 Å². The van der Waals surface area contributed by atoms with E-state index < -0.39 is 167 Å².